The molecule has 0 amide bonds. The molecule has 1 aromatic rings. The number of thiazole rings is 1. The van der Waals surface area contributed by atoms with Gasteiger partial charge in [0.25, 0.3) is 10.0 Å². The van der Waals surface area contributed by atoms with Crippen molar-refractivity contribution in [1.82, 2.24) is 9.29 Å². The van der Waals surface area contributed by atoms with Crippen LogP contribution in [-0.4, -0.2) is 30.8 Å². The van der Waals surface area contributed by atoms with Gasteiger partial charge < -0.3 is 0 Å². The Balaban J connectivity index is 2.26. The molecule has 1 aromatic heterocycles. The Kier molecular flexibility index (Phi) is 3.99. The fraction of sp³-hybridized carbons (Fsp3) is 0.750. The Morgan fingerprint density at radius 1 is 1.42 bits per heavy atom. The number of sulfonamides is 1. The van der Waals surface area contributed by atoms with Gasteiger partial charge in [0.2, 0.25) is 0 Å². The van der Waals surface area contributed by atoms with Gasteiger partial charge in [-0.25, -0.2) is 13.4 Å². The highest BCUT2D eigenvalue weighted by atomic mass is 35.5. The van der Waals surface area contributed by atoms with Gasteiger partial charge in [-0.05, 0) is 24.7 Å². The second kappa shape index (κ2) is 4.98. The van der Waals surface area contributed by atoms with Gasteiger partial charge in [-0.15, -0.1) is 0 Å². The Labute approximate surface area is 123 Å². The largest absolute Gasteiger partial charge is 0.254 e. The molecule has 0 aliphatic carbocycles. The summed E-state index contributed by atoms with van der Waals surface area (Å²) >= 11 is 6.85. The number of aryl methyl sites for hydroxylation is 1. The molecule has 1 saturated heterocycles. The van der Waals surface area contributed by atoms with E-state index in [4.69, 9.17) is 11.6 Å². The Morgan fingerprint density at radius 3 is 2.47 bits per heavy atom. The van der Waals surface area contributed by atoms with Gasteiger partial charge in [0.05, 0.1) is 5.69 Å². The number of nitrogens with zero attached hydrogens (tertiary/aromatic N) is 2. The van der Waals surface area contributed by atoms with Crippen LogP contribution in [0.5, 0.6) is 0 Å². The molecule has 19 heavy (non-hydrogen) atoms. The van der Waals surface area contributed by atoms with Gasteiger partial charge >= 0.3 is 0 Å². The van der Waals surface area contributed by atoms with E-state index in [9.17, 15) is 8.42 Å². The minimum atomic E-state index is -3.44. The van der Waals surface area contributed by atoms with Crippen LogP contribution in [0.2, 0.25) is 4.47 Å². The molecule has 4 nitrogen and oxygen atoms in total. The lowest BCUT2D eigenvalue weighted by Gasteiger charge is -2.26. The number of hydrogen-bond acceptors (Lipinski definition) is 4. The summed E-state index contributed by atoms with van der Waals surface area (Å²) < 4.78 is 27.3. The zero-order chi connectivity index (χ0) is 14.4. The van der Waals surface area contributed by atoms with Crippen molar-refractivity contribution in [3.8, 4) is 0 Å². The van der Waals surface area contributed by atoms with Crippen molar-refractivity contribution < 1.29 is 8.42 Å². The van der Waals surface area contributed by atoms with Crippen LogP contribution in [0.1, 0.15) is 32.9 Å². The minimum Gasteiger partial charge on any atom is -0.229 e. The van der Waals surface area contributed by atoms with Gasteiger partial charge in [-0.2, -0.15) is 4.31 Å². The molecule has 1 unspecified atom stereocenters. The second-order valence-corrected chi connectivity index (χ2v) is 9.77. The normalized spacial score (nSPS) is 22.1. The molecule has 0 N–H and O–H groups in total. The Hall–Kier alpha value is -0.170. The molecule has 0 spiro atoms. The summed E-state index contributed by atoms with van der Waals surface area (Å²) in [6.45, 7) is 9.32. The first-order valence-corrected chi connectivity index (χ1v) is 8.89. The average molecular weight is 323 g/mol. The van der Waals surface area contributed by atoms with Crippen LogP contribution in [0.4, 0.5) is 0 Å². The fourth-order valence-electron chi connectivity index (χ4n) is 2.36. The molecule has 0 bridgehead atoms. The van der Waals surface area contributed by atoms with Crippen LogP contribution in [0.3, 0.4) is 0 Å². The second-order valence-electron chi connectivity index (χ2n) is 6.05. The molecule has 7 heteroatoms. The average Bonchev–Trinajstić information content (AvgIpc) is 2.83. The van der Waals surface area contributed by atoms with Crippen molar-refractivity contribution in [2.45, 2.75) is 38.3 Å². The van der Waals surface area contributed by atoms with E-state index < -0.39 is 10.0 Å². The van der Waals surface area contributed by atoms with E-state index in [1.54, 1.807) is 11.2 Å². The molecule has 1 atom stereocenters. The summed E-state index contributed by atoms with van der Waals surface area (Å²) in [6, 6.07) is 0. The maximum atomic E-state index is 12.6. The monoisotopic (exact) mass is 322 g/mol. The van der Waals surface area contributed by atoms with Crippen LogP contribution in [0.25, 0.3) is 0 Å². The Bertz CT molecular complexity index is 575. The zero-order valence-electron chi connectivity index (χ0n) is 11.6. The molecule has 1 aliphatic rings. The van der Waals surface area contributed by atoms with E-state index >= 15 is 0 Å². The van der Waals surface area contributed by atoms with Crippen molar-refractivity contribution in [1.29, 1.82) is 0 Å². The van der Waals surface area contributed by atoms with Crippen LogP contribution in [-0.2, 0) is 10.0 Å². The standard InChI is InChI=1S/C12H19ClN2O2S2/c1-8-10(18-11(13)14-8)19(16,17)15-6-5-9(7-15)12(2,3)4/h9H,5-7H2,1-4H3. The number of hydrogen-bond donors (Lipinski definition) is 0. The lowest BCUT2D eigenvalue weighted by Crippen LogP contribution is -2.31. The Morgan fingerprint density at radius 2 is 2.05 bits per heavy atom. The first kappa shape index (κ1) is 15.2. The zero-order valence-corrected chi connectivity index (χ0v) is 14.0. The van der Waals surface area contributed by atoms with Crippen molar-refractivity contribution in [3.63, 3.8) is 0 Å². The lowest BCUT2D eigenvalue weighted by atomic mass is 9.80. The molecule has 1 aliphatic heterocycles. The summed E-state index contributed by atoms with van der Waals surface area (Å²) in [5, 5.41) is 0. The highest BCUT2D eigenvalue weighted by Gasteiger charge is 2.39. The topological polar surface area (TPSA) is 50.3 Å². The summed E-state index contributed by atoms with van der Waals surface area (Å²) in [5.74, 6) is 0.394. The number of aromatic nitrogens is 1. The maximum Gasteiger partial charge on any atom is 0.254 e. The fourth-order valence-corrected chi connectivity index (χ4v) is 5.73. The molecule has 0 radical (unpaired) electrons. The van der Waals surface area contributed by atoms with Gasteiger partial charge in [0.1, 0.15) is 0 Å². The van der Waals surface area contributed by atoms with Crippen LogP contribution >= 0.6 is 22.9 Å². The summed E-state index contributed by atoms with van der Waals surface area (Å²) in [5.41, 5.74) is 0.624. The highest BCUT2D eigenvalue weighted by molar-refractivity contribution is 7.91. The molecule has 2 heterocycles. The van der Waals surface area contributed by atoms with Crippen molar-refractivity contribution in [3.05, 3.63) is 10.2 Å². The van der Waals surface area contributed by atoms with E-state index in [-0.39, 0.29) is 14.1 Å². The van der Waals surface area contributed by atoms with Crippen LogP contribution < -0.4 is 0 Å². The van der Waals surface area contributed by atoms with Crippen LogP contribution in [0.15, 0.2) is 4.21 Å². The molecule has 0 saturated carbocycles. The first-order chi connectivity index (χ1) is 8.62. The third-order valence-electron chi connectivity index (χ3n) is 3.68. The van der Waals surface area contributed by atoms with Crippen molar-refractivity contribution in [2.75, 3.05) is 13.1 Å². The molecular formula is C12H19ClN2O2S2. The van der Waals surface area contributed by atoms with E-state index in [1.807, 2.05) is 0 Å². The van der Waals surface area contributed by atoms with Crippen molar-refractivity contribution >= 4 is 33.0 Å². The summed E-state index contributed by atoms with van der Waals surface area (Å²) in [6.07, 6.45) is 0.911. The smallest absolute Gasteiger partial charge is 0.229 e. The van der Waals surface area contributed by atoms with Gasteiger partial charge in [-0.1, -0.05) is 43.7 Å². The van der Waals surface area contributed by atoms with Gasteiger partial charge in [0, 0.05) is 13.1 Å². The number of rotatable bonds is 2. The predicted molar refractivity (Wildman–Crippen MR) is 78.2 cm³/mol. The van der Waals surface area contributed by atoms with E-state index in [0.717, 1.165) is 17.8 Å². The third-order valence-corrected chi connectivity index (χ3v) is 7.39. The predicted octanol–water partition coefficient (Wildman–Crippen LogP) is 3.16. The van der Waals surface area contributed by atoms with E-state index in [2.05, 4.69) is 25.8 Å². The molecule has 2 rings (SSSR count). The van der Waals surface area contributed by atoms with Gasteiger partial charge in [-0.3, -0.25) is 0 Å². The minimum absolute atomic E-state index is 0.130. The number of halogens is 1. The van der Waals surface area contributed by atoms with Crippen LogP contribution in [0, 0.1) is 18.3 Å². The maximum absolute atomic E-state index is 12.6. The quantitative estimate of drug-likeness (QED) is 0.840. The summed E-state index contributed by atoms with van der Waals surface area (Å²) in [7, 11) is -3.44. The van der Waals surface area contributed by atoms with E-state index in [1.165, 1.54) is 0 Å². The molecule has 1 fully saturated rings. The van der Waals surface area contributed by atoms with E-state index in [0.29, 0.717) is 24.7 Å². The van der Waals surface area contributed by atoms with Gasteiger partial charge in [0.15, 0.2) is 8.68 Å². The molecule has 108 valence electrons. The van der Waals surface area contributed by atoms with Crippen molar-refractivity contribution in [2.24, 2.45) is 11.3 Å². The SMILES string of the molecule is Cc1nc(Cl)sc1S(=O)(=O)N1CCC(C(C)(C)C)C1. The first-order valence-electron chi connectivity index (χ1n) is 6.25. The lowest BCUT2D eigenvalue weighted by molar-refractivity contribution is 0.252. The molecular weight excluding hydrogens is 304 g/mol. The summed E-state index contributed by atoms with van der Waals surface area (Å²) in [4.78, 5) is 3.99. The third kappa shape index (κ3) is 2.96. The highest BCUT2D eigenvalue weighted by Crippen LogP contribution is 2.37. The molecule has 0 aromatic carbocycles.